The predicted octanol–water partition coefficient (Wildman–Crippen LogP) is 0.167. The van der Waals surface area contributed by atoms with Crippen LogP contribution in [0.3, 0.4) is 0 Å². The van der Waals surface area contributed by atoms with E-state index in [1.165, 1.54) is 4.63 Å². The van der Waals surface area contributed by atoms with Crippen molar-refractivity contribution in [1.82, 2.24) is 30.6 Å². The molecule has 0 aromatic carbocycles. The molecule has 2 aromatic rings. The average Bonchev–Trinajstić information content (AvgIpc) is 3.11. The van der Waals surface area contributed by atoms with E-state index in [4.69, 9.17) is 0 Å². The van der Waals surface area contributed by atoms with Crippen molar-refractivity contribution >= 4 is 17.4 Å². The number of alkyl halides is 3. The minimum absolute atomic E-state index is 0.445. The third kappa shape index (κ3) is 2.92. The third-order valence-corrected chi connectivity index (χ3v) is 3.37. The first kappa shape index (κ1) is 14.5. The lowest BCUT2D eigenvalue weighted by Gasteiger charge is -2.24. The Balaban J connectivity index is 1.76. The number of tetrazole rings is 1. The van der Waals surface area contributed by atoms with Crippen LogP contribution in [0.2, 0.25) is 0 Å². The molecule has 0 unspecified atom stereocenters. The highest BCUT2D eigenvalue weighted by Crippen LogP contribution is 2.24. The van der Waals surface area contributed by atoms with Gasteiger partial charge >= 0.3 is 6.18 Å². The lowest BCUT2D eigenvalue weighted by molar-refractivity contribution is -0.139. The number of fused-ring (bicyclic) bond motifs is 1. The molecular weight excluding hydrogens is 303 g/mol. The van der Waals surface area contributed by atoms with Gasteiger partial charge in [0.15, 0.2) is 11.5 Å². The van der Waals surface area contributed by atoms with Crippen LogP contribution in [0.4, 0.5) is 19.0 Å². The van der Waals surface area contributed by atoms with Gasteiger partial charge in [-0.2, -0.15) is 13.2 Å². The van der Waals surface area contributed by atoms with Gasteiger partial charge in [-0.1, -0.05) is 0 Å². The fourth-order valence-corrected chi connectivity index (χ4v) is 2.41. The Morgan fingerprint density at radius 1 is 1.41 bits per heavy atom. The van der Waals surface area contributed by atoms with Gasteiger partial charge in [-0.15, -0.1) is 14.8 Å². The van der Waals surface area contributed by atoms with Crippen molar-refractivity contribution in [3.05, 3.63) is 12.1 Å². The summed E-state index contributed by atoms with van der Waals surface area (Å²) in [5.74, 6) is -0.210. The van der Waals surface area contributed by atoms with Gasteiger partial charge in [0.2, 0.25) is 5.91 Å². The van der Waals surface area contributed by atoms with Gasteiger partial charge in [0, 0.05) is 6.54 Å². The van der Waals surface area contributed by atoms with Gasteiger partial charge in [0.05, 0.1) is 0 Å². The summed E-state index contributed by atoms with van der Waals surface area (Å²) < 4.78 is 37.8. The largest absolute Gasteiger partial charge is 0.405 e. The minimum atomic E-state index is -4.43. The Hall–Kier alpha value is -2.46. The Labute approximate surface area is 122 Å². The first-order valence-electron chi connectivity index (χ1n) is 6.60. The molecule has 0 bridgehead atoms. The van der Waals surface area contributed by atoms with Gasteiger partial charge in [-0.25, -0.2) is 0 Å². The van der Waals surface area contributed by atoms with Crippen molar-refractivity contribution in [2.45, 2.75) is 25.1 Å². The molecule has 3 rings (SSSR count). The number of hydrogen-bond donors (Lipinski definition) is 1. The molecular formula is C11H12F3N7O. The van der Waals surface area contributed by atoms with Crippen LogP contribution in [0.15, 0.2) is 12.1 Å². The highest BCUT2D eigenvalue weighted by Gasteiger charge is 2.34. The number of anilines is 1. The van der Waals surface area contributed by atoms with E-state index in [0.29, 0.717) is 30.9 Å². The van der Waals surface area contributed by atoms with E-state index in [1.807, 2.05) is 5.32 Å². The second-order valence-corrected chi connectivity index (χ2v) is 4.90. The molecule has 1 aliphatic rings. The lowest BCUT2D eigenvalue weighted by Crippen LogP contribution is -2.46. The molecule has 22 heavy (non-hydrogen) atoms. The maximum absolute atomic E-state index is 12.2. The van der Waals surface area contributed by atoms with Crippen LogP contribution >= 0.6 is 0 Å². The molecule has 1 atom stereocenters. The summed E-state index contributed by atoms with van der Waals surface area (Å²) in [5.41, 5.74) is 0.445. The Morgan fingerprint density at radius 2 is 2.23 bits per heavy atom. The summed E-state index contributed by atoms with van der Waals surface area (Å²) in [6, 6.07) is 2.59. The molecule has 8 nitrogen and oxygen atoms in total. The standard InChI is InChI=1S/C11H12F3N7O/c12-11(13,14)6-15-10(22)7-2-1-5-20(7)9-4-3-8-16-18-19-21(8)17-9/h3-4,7H,1-2,5-6H2,(H,15,22)/t7-/m1/s1. The van der Waals surface area contributed by atoms with Crippen molar-refractivity contribution in [2.75, 3.05) is 18.0 Å². The number of carbonyl (C=O) groups is 1. The van der Waals surface area contributed by atoms with Gasteiger partial charge in [0.1, 0.15) is 12.6 Å². The lowest BCUT2D eigenvalue weighted by atomic mass is 10.2. The molecule has 11 heteroatoms. The maximum Gasteiger partial charge on any atom is 0.405 e. The second kappa shape index (κ2) is 5.39. The van der Waals surface area contributed by atoms with Gasteiger partial charge < -0.3 is 10.2 Å². The summed E-state index contributed by atoms with van der Waals surface area (Å²) >= 11 is 0. The first-order valence-corrected chi connectivity index (χ1v) is 6.60. The van der Waals surface area contributed by atoms with Gasteiger partial charge in [-0.3, -0.25) is 4.79 Å². The minimum Gasteiger partial charge on any atom is -0.345 e. The topological polar surface area (TPSA) is 88.3 Å². The van der Waals surface area contributed by atoms with Crippen molar-refractivity contribution in [3.63, 3.8) is 0 Å². The summed E-state index contributed by atoms with van der Waals surface area (Å²) in [5, 5.41) is 16.9. The number of hydrogen-bond acceptors (Lipinski definition) is 6. The third-order valence-electron chi connectivity index (χ3n) is 3.37. The van der Waals surface area contributed by atoms with Crippen LogP contribution < -0.4 is 10.2 Å². The molecule has 1 N–H and O–H groups in total. The number of halogens is 3. The maximum atomic E-state index is 12.2. The molecule has 3 heterocycles. The zero-order chi connectivity index (χ0) is 15.7. The van der Waals surface area contributed by atoms with Gasteiger partial charge in [-0.05, 0) is 35.4 Å². The smallest absolute Gasteiger partial charge is 0.345 e. The molecule has 0 spiro atoms. The van der Waals surface area contributed by atoms with Crippen molar-refractivity contribution in [1.29, 1.82) is 0 Å². The van der Waals surface area contributed by atoms with E-state index in [-0.39, 0.29) is 0 Å². The molecule has 1 aliphatic heterocycles. The number of nitrogens with one attached hydrogen (secondary N) is 1. The summed E-state index contributed by atoms with van der Waals surface area (Å²) in [4.78, 5) is 13.6. The highest BCUT2D eigenvalue weighted by atomic mass is 19.4. The fraction of sp³-hybridized carbons (Fsp3) is 0.545. The molecule has 1 fully saturated rings. The van der Waals surface area contributed by atoms with E-state index < -0.39 is 24.7 Å². The number of amides is 1. The first-order chi connectivity index (χ1) is 10.4. The normalized spacial score (nSPS) is 18.9. The second-order valence-electron chi connectivity index (χ2n) is 4.90. The Morgan fingerprint density at radius 3 is 3.00 bits per heavy atom. The van der Waals surface area contributed by atoms with Crippen molar-refractivity contribution in [2.24, 2.45) is 0 Å². The number of carbonyl (C=O) groups excluding carboxylic acids is 1. The van der Waals surface area contributed by atoms with Crippen molar-refractivity contribution in [3.8, 4) is 0 Å². The Bertz CT molecular complexity index is 686. The number of aromatic nitrogens is 5. The van der Waals surface area contributed by atoms with Crippen LogP contribution in [-0.2, 0) is 4.79 Å². The summed E-state index contributed by atoms with van der Waals surface area (Å²) in [6.45, 7) is -0.805. The van der Waals surface area contributed by atoms with Gasteiger partial charge in [0.25, 0.3) is 0 Å². The van der Waals surface area contributed by atoms with Crippen LogP contribution in [-0.4, -0.2) is 56.5 Å². The molecule has 0 saturated carbocycles. The fourth-order valence-electron chi connectivity index (χ4n) is 2.41. The quantitative estimate of drug-likeness (QED) is 0.868. The zero-order valence-electron chi connectivity index (χ0n) is 11.3. The molecule has 0 radical (unpaired) electrons. The molecule has 1 saturated heterocycles. The number of rotatable bonds is 3. The van der Waals surface area contributed by atoms with Crippen LogP contribution in [0.1, 0.15) is 12.8 Å². The van der Waals surface area contributed by atoms with E-state index in [9.17, 15) is 18.0 Å². The van der Waals surface area contributed by atoms with E-state index in [2.05, 4.69) is 20.6 Å². The number of nitrogens with zero attached hydrogens (tertiary/aromatic N) is 6. The van der Waals surface area contributed by atoms with E-state index in [0.717, 1.165) is 0 Å². The Kier molecular flexibility index (Phi) is 3.54. The monoisotopic (exact) mass is 315 g/mol. The molecule has 118 valence electrons. The SMILES string of the molecule is O=C(NCC(F)(F)F)[C@H]1CCCN1c1ccc2nnnn2n1. The molecule has 2 aromatic heterocycles. The van der Waals surface area contributed by atoms with E-state index >= 15 is 0 Å². The van der Waals surface area contributed by atoms with E-state index in [1.54, 1.807) is 17.0 Å². The molecule has 0 aliphatic carbocycles. The predicted molar refractivity (Wildman–Crippen MR) is 68.0 cm³/mol. The zero-order valence-corrected chi connectivity index (χ0v) is 11.3. The molecule has 1 amide bonds. The van der Waals surface area contributed by atoms with Crippen LogP contribution in [0.5, 0.6) is 0 Å². The average molecular weight is 315 g/mol. The van der Waals surface area contributed by atoms with Crippen LogP contribution in [0.25, 0.3) is 5.65 Å². The van der Waals surface area contributed by atoms with Crippen LogP contribution in [0, 0.1) is 0 Å². The van der Waals surface area contributed by atoms with Crippen molar-refractivity contribution < 1.29 is 18.0 Å². The summed E-state index contributed by atoms with van der Waals surface area (Å²) in [7, 11) is 0. The highest BCUT2D eigenvalue weighted by molar-refractivity contribution is 5.85. The summed E-state index contributed by atoms with van der Waals surface area (Å²) in [6.07, 6.45) is -3.26.